The van der Waals surface area contributed by atoms with Gasteiger partial charge in [0.05, 0.1) is 4.90 Å². The third kappa shape index (κ3) is 3.05. The van der Waals surface area contributed by atoms with Gasteiger partial charge in [0.25, 0.3) is 5.91 Å². The van der Waals surface area contributed by atoms with E-state index < -0.39 is 11.0 Å². The van der Waals surface area contributed by atoms with E-state index in [4.69, 9.17) is 0 Å². The lowest BCUT2D eigenvalue weighted by atomic mass is 10.2. The first kappa shape index (κ1) is 12.5. The van der Waals surface area contributed by atoms with Gasteiger partial charge in [0.1, 0.15) is 0 Å². The van der Waals surface area contributed by atoms with Gasteiger partial charge < -0.3 is 0 Å². The molecule has 0 radical (unpaired) electrons. The second-order valence-electron chi connectivity index (χ2n) is 3.88. The van der Waals surface area contributed by atoms with Crippen molar-refractivity contribution in [3.8, 4) is 0 Å². The van der Waals surface area contributed by atoms with Crippen LogP contribution in [0.3, 0.4) is 0 Å². The van der Waals surface area contributed by atoms with Gasteiger partial charge in [0.15, 0.2) is 11.0 Å². The monoisotopic (exact) mass is 259 g/mol. The van der Waals surface area contributed by atoms with E-state index in [1.807, 2.05) is 25.1 Å². The molecule has 3 nitrogen and oxygen atoms in total. The highest BCUT2D eigenvalue weighted by atomic mass is 32.2. The number of benzene rings is 2. The van der Waals surface area contributed by atoms with Gasteiger partial charge in [-0.25, -0.2) is 4.21 Å². The lowest BCUT2D eigenvalue weighted by Crippen LogP contribution is -2.25. The molecular formula is C14H13NO2S. The fourth-order valence-electron chi connectivity index (χ4n) is 1.45. The Bertz CT molecular complexity index is 564. The van der Waals surface area contributed by atoms with E-state index in [9.17, 15) is 9.00 Å². The van der Waals surface area contributed by atoms with Crippen LogP contribution in [0.2, 0.25) is 0 Å². The number of rotatable bonds is 3. The summed E-state index contributed by atoms with van der Waals surface area (Å²) in [7, 11) is -1.52. The maximum absolute atomic E-state index is 11.9. The predicted molar refractivity (Wildman–Crippen MR) is 71.5 cm³/mol. The van der Waals surface area contributed by atoms with Crippen LogP contribution in [-0.2, 0) is 11.0 Å². The number of aryl methyl sites for hydroxylation is 1. The fourth-order valence-corrected chi connectivity index (χ4v) is 2.24. The smallest absolute Gasteiger partial charge is 0.263 e. The summed E-state index contributed by atoms with van der Waals surface area (Å²) in [5.74, 6) is -0.338. The molecule has 0 unspecified atom stereocenters. The van der Waals surface area contributed by atoms with Crippen molar-refractivity contribution in [2.75, 3.05) is 0 Å². The van der Waals surface area contributed by atoms with E-state index in [-0.39, 0.29) is 5.91 Å². The normalized spacial score (nSPS) is 11.8. The summed E-state index contributed by atoms with van der Waals surface area (Å²) in [5.41, 5.74) is 1.59. The van der Waals surface area contributed by atoms with E-state index >= 15 is 0 Å². The van der Waals surface area contributed by atoms with Crippen molar-refractivity contribution in [2.24, 2.45) is 0 Å². The topological polar surface area (TPSA) is 46.2 Å². The molecule has 0 saturated carbocycles. The predicted octanol–water partition coefficient (Wildman–Crippen LogP) is 2.45. The highest BCUT2D eigenvalue weighted by molar-refractivity contribution is 7.83. The van der Waals surface area contributed by atoms with Crippen LogP contribution in [0.15, 0.2) is 59.5 Å². The first-order valence-electron chi connectivity index (χ1n) is 5.51. The highest BCUT2D eigenvalue weighted by Crippen LogP contribution is 2.07. The third-order valence-corrected chi connectivity index (χ3v) is 3.53. The van der Waals surface area contributed by atoms with Crippen LogP contribution in [0.4, 0.5) is 0 Å². The molecule has 0 heterocycles. The Labute approximate surface area is 108 Å². The van der Waals surface area contributed by atoms with E-state index in [0.29, 0.717) is 10.5 Å². The Morgan fingerprint density at radius 1 is 1.00 bits per heavy atom. The number of amides is 1. The maximum atomic E-state index is 11.9. The number of carbonyl (C=O) groups excluding carboxylic acids is 1. The van der Waals surface area contributed by atoms with Gasteiger partial charge in [-0.2, -0.15) is 0 Å². The highest BCUT2D eigenvalue weighted by Gasteiger charge is 2.09. The molecule has 0 bridgehead atoms. The summed E-state index contributed by atoms with van der Waals surface area (Å²) in [4.78, 5) is 12.4. The Balaban J connectivity index is 2.08. The molecule has 1 amide bonds. The van der Waals surface area contributed by atoms with Crippen molar-refractivity contribution < 1.29 is 9.00 Å². The SMILES string of the molecule is Cc1ccc([S@](=O)NC(=O)c2ccccc2)cc1. The van der Waals surface area contributed by atoms with Crippen molar-refractivity contribution in [1.82, 2.24) is 4.72 Å². The summed E-state index contributed by atoms with van der Waals surface area (Å²) >= 11 is 0. The Morgan fingerprint density at radius 3 is 2.22 bits per heavy atom. The van der Waals surface area contributed by atoms with Crippen LogP contribution in [-0.4, -0.2) is 10.1 Å². The van der Waals surface area contributed by atoms with Crippen LogP contribution in [0.25, 0.3) is 0 Å². The van der Waals surface area contributed by atoms with Crippen LogP contribution in [0, 0.1) is 6.92 Å². The molecule has 4 heteroatoms. The second kappa shape index (κ2) is 5.60. The molecule has 1 N–H and O–H groups in total. The molecule has 0 saturated heterocycles. The maximum Gasteiger partial charge on any atom is 0.263 e. The van der Waals surface area contributed by atoms with Gasteiger partial charge in [-0.1, -0.05) is 35.9 Å². The summed E-state index contributed by atoms with van der Waals surface area (Å²) < 4.78 is 14.4. The number of nitrogens with one attached hydrogen (secondary N) is 1. The van der Waals surface area contributed by atoms with Gasteiger partial charge >= 0.3 is 0 Å². The van der Waals surface area contributed by atoms with Gasteiger partial charge in [0.2, 0.25) is 0 Å². The lowest BCUT2D eigenvalue weighted by Gasteiger charge is -2.05. The number of carbonyl (C=O) groups is 1. The Kier molecular flexibility index (Phi) is 3.89. The van der Waals surface area contributed by atoms with Gasteiger partial charge in [-0.05, 0) is 31.2 Å². The molecule has 2 aromatic carbocycles. The van der Waals surface area contributed by atoms with E-state index in [1.54, 1.807) is 36.4 Å². The standard InChI is InChI=1S/C14H13NO2S/c1-11-7-9-13(10-8-11)18(17)15-14(16)12-5-3-2-4-6-12/h2-10H,1H3,(H,15,16)/t18-/m0/s1. The molecule has 92 valence electrons. The summed E-state index contributed by atoms with van der Waals surface area (Å²) in [6.07, 6.45) is 0. The van der Waals surface area contributed by atoms with Crippen molar-refractivity contribution in [1.29, 1.82) is 0 Å². The van der Waals surface area contributed by atoms with Crippen LogP contribution in [0.5, 0.6) is 0 Å². The molecule has 0 aliphatic carbocycles. The van der Waals surface area contributed by atoms with Gasteiger partial charge in [-0.15, -0.1) is 0 Å². The van der Waals surface area contributed by atoms with Gasteiger partial charge in [0, 0.05) is 5.56 Å². The Morgan fingerprint density at radius 2 is 1.61 bits per heavy atom. The van der Waals surface area contributed by atoms with Crippen LogP contribution in [0.1, 0.15) is 15.9 Å². The zero-order valence-corrected chi connectivity index (χ0v) is 10.7. The van der Waals surface area contributed by atoms with Crippen LogP contribution < -0.4 is 4.72 Å². The van der Waals surface area contributed by atoms with Crippen molar-refractivity contribution in [2.45, 2.75) is 11.8 Å². The molecule has 2 rings (SSSR count). The molecule has 1 atom stereocenters. The molecular weight excluding hydrogens is 246 g/mol. The first-order chi connectivity index (χ1) is 8.66. The molecule has 0 aliphatic heterocycles. The molecule has 0 aliphatic rings. The minimum Gasteiger partial charge on any atom is -0.268 e. The van der Waals surface area contributed by atoms with Crippen molar-refractivity contribution in [3.05, 3.63) is 65.7 Å². The Hall–Kier alpha value is -1.94. The molecule has 0 fully saturated rings. The second-order valence-corrected chi connectivity index (χ2v) is 5.09. The number of hydrogen-bond acceptors (Lipinski definition) is 2. The van der Waals surface area contributed by atoms with Crippen LogP contribution >= 0.6 is 0 Å². The summed E-state index contributed by atoms with van der Waals surface area (Å²) in [6, 6.07) is 15.9. The first-order valence-corrected chi connectivity index (χ1v) is 6.66. The van der Waals surface area contributed by atoms with Crippen molar-refractivity contribution >= 4 is 16.9 Å². The quantitative estimate of drug-likeness (QED) is 0.920. The average Bonchev–Trinajstić information content (AvgIpc) is 2.40. The molecule has 2 aromatic rings. The lowest BCUT2D eigenvalue weighted by molar-refractivity contribution is 0.0983. The largest absolute Gasteiger partial charge is 0.268 e. The third-order valence-electron chi connectivity index (χ3n) is 2.46. The zero-order valence-electron chi connectivity index (χ0n) is 9.92. The molecule has 0 aromatic heterocycles. The van der Waals surface area contributed by atoms with Gasteiger partial charge in [-0.3, -0.25) is 9.52 Å². The minimum absolute atomic E-state index is 0.338. The van der Waals surface area contributed by atoms with Crippen molar-refractivity contribution in [3.63, 3.8) is 0 Å². The molecule has 0 spiro atoms. The summed E-state index contributed by atoms with van der Waals surface area (Å²) in [6.45, 7) is 1.95. The molecule has 18 heavy (non-hydrogen) atoms. The zero-order chi connectivity index (χ0) is 13.0. The summed E-state index contributed by atoms with van der Waals surface area (Å²) in [5, 5.41) is 0. The van der Waals surface area contributed by atoms with E-state index in [2.05, 4.69) is 4.72 Å². The fraction of sp³-hybridized carbons (Fsp3) is 0.0714. The minimum atomic E-state index is -1.52. The average molecular weight is 259 g/mol. The van der Waals surface area contributed by atoms with E-state index in [0.717, 1.165) is 5.56 Å². The van der Waals surface area contributed by atoms with E-state index in [1.165, 1.54) is 0 Å². The number of hydrogen-bond donors (Lipinski definition) is 1.